The summed E-state index contributed by atoms with van der Waals surface area (Å²) in [4.78, 5) is 8.51. The van der Waals surface area contributed by atoms with Crippen LogP contribution in [0, 0.1) is 0 Å². The van der Waals surface area contributed by atoms with Crippen LogP contribution in [0.15, 0.2) is 16.9 Å². The first-order valence-corrected chi connectivity index (χ1v) is 7.32. The van der Waals surface area contributed by atoms with Crippen molar-refractivity contribution in [1.82, 2.24) is 15.1 Å². The zero-order valence-electron chi connectivity index (χ0n) is 13.0. The van der Waals surface area contributed by atoms with Crippen LogP contribution in [0.4, 0.5) is 5.82 Å². The maximum atomic E-state index is 5.54. The molecule has 2 heterocycles. The predicted octanol–water partition coefficient (Wildman–Crippen LogP) is 2.99. The van der Waals surface area contributed by atoms with Gasteiger partial charge in [0.15, 0.2) is 0 Å². The second-order valence-corrected chi connectivity index (χ2v) is 5.00. The molecular weight excluding hydrogens is 268 g/mol. The highest BCUT2D eigenvalue weighted by Crippen LogP contribution is 2.18. The molecule has 0 saturated carbocycles. The number of hydrogen-bond donors (Lipinski definition) is 1. The van der Waals surface area contributed by atoms with Gasteiger partial charge in [0.05, 0.1) is 24.2 Å². The molecule has 21 heavy (non-hydrogen) atoms. The van der Waals surface area contributed by atoms with Crippen LogP contribution in [0.5, 0.6) is 5.88 Å². The number of anilines is 1. The van der Waals surface area contributed by atoms with Crippen LogP contribution in [0.3, 0.4) is 0 Å². The van der Waals surface area contributed by atoms with Gasteiger partial charge in [-0.25, -0.2) is 0 Å². The van der Waals surface area contributed by atoms with Crippen molar-refractivity contribution in [2.45, 2.75) is 53.2 Å². The van der Waals surface area contributed by atoms with Crippen LogP contribution in [0.1, 0.15) is 44.7 Å². The summed E-state index contributed by atoms with van der Waals surface area (Å²) < 4.78 is 10.9. The molecule has 0 aliphatic carbocycles. The predicted molar refractivity (Wildman–Crippen MR) is 80.4 cm³/mol. The Bertz CT molecular complexity index is 559. The van der Waals surface area contributed by atoms with E-state index < -0.39 is 0 Å². The van der Waals surface area contributed by atoms with E-state index in [2.05, 4.69) is 34.3 Å². The average Bonchev–Trinajstić information content (AvgIpc) is 2.86. The summed E-state index contributed by atoms with van der Waals surface area (Å²) in [5.74, 6) is 2.12. The van der Waals surface area contributed by atoms with E-state index in [1.165, 1.54) is 0 Å². The lowest BCUT2D eigenvalue weighted by molar-refractivity contribution is 0.232. The van der Waals surface area contributed by atoms with Gasteiger partial charge in [0.25, 0.3) is 0 Å². The molecule has 0 aliphatic rings. The van der Waals surface area contributed by atoms with Crippen LogP contribution >= 0.6 is 0 Å². The molecule has 0 amide bonds. The average molecular weight is 290 g/mol. The highest BCUT2D eigenvalue weighted by Gasteiger charge is 2.13. The topological polar surface area (TPSA) is 73.1 Å². The molecule has 2 aromatic heterocycles. The SMILES string of the molecule is CCc1noc(CC)c1CNc1cncc(OC(C)C)n1. The van der Waals surface area contributed by atoms with Crippen LogP contribution in [0.25, 0.3) is 0 Å². The van der Waals surface area contributed by atoms with Crippen molar-refractivity contribution in [1.29, 1.82) is 0 Å². The summed E-state index contributed by atoms with van der Waals surface area (Å²) in [6.07, 6.45) is 5.04. The van der Waals surface area contributed by atoms with Crippen molar-refractivity contribution >= 4 is 5.82 Å². The molecule has 6 nitrogen and oxygen atoms in total. The van der Waals surface area contributed by atoms with Crippen LogP contribution in [-0.2, 0) is 19.4 Å². The van der Waals surface area contributed by atoms with Gasteiger partial charge in [-0.15, -0.1) is 0 Å². The molecule has 0 spiro atoms. The van der Waals surface area contributed by atoms with Gasteiger partial charge in [0.2, 0.25) is 5.88 Å². The maximum absolute atomic E-state index is 5.54. The summed E-state index contributed by atoms with van der Waals surface area (Å²) in [7, 11) is 0. The van der Waals surface area contributed by atoms with Crippen LogP contribution in [0.2, 0.25) is 0 Å². The number of nitrogens with one attached hydrogen (secondary N) is 1. The Hall–Kier alpha value is -2.11. The van der Waals surface area contributed by atoms with Gasteiger partial charge in [0.1, 0.15) is 11.6 Å². The quantitative estimate of drug-likeness (QED) is 0.845. The van der Waals surface area contributed by atoms with Crippen molar-refractivity contribution in [3.05, 3.63) is 29.4 Å². The Morgan fingerprint density at radius 2 is 2.05 bits per heavy atom. The Morgan fingerprint density at radius 1 is 1.24 bits per heavy atom. The van der Waals surface area contributed by atoms with E-state index in [9.17, 15) is 0 Å². The fourth-order valence-electron chi connectivity index (χ4n) is 2.05. The van der Waals surface area contributed by atoms with E-state index in [-0.39, 0.29) is 6.10 Å². The highest BCUT2D eigenvalue weighted by atomic mass is 16.5. The molecule has 0 unspecified atom stereocenters. The summed E-state index contributed by atoms with van der Waals surface area (Å²) >= 11 is 0. The molecule has 6 heteroatoms. The molecule has 0 radical (unpaired) electrons. The maximum Gasteiger partial charge on any atom is 0.234 e. The first-order valence-electron chi connectivity index (χ1n) is 7.32. The Morgan fingerprint density at radius 3 is 2.71 bits per heavy atom. The summed E-state index contributed by atoms with van der Waals surface area (Å²) in [6.45, 7) is 8.66. The third-order valence-corrected chi connectivity index (χ3v) is 3.02. The van der Waals surface area contributed by atoms with E-state index in [1.807, 2.05) is 13.8 Å². The smallest absolute Gasteiger partial charge is 0.234 e. The van der Waals surface area contributed by atoms with E-state index in [0.29, 0.717) is 18.2 Å². The molecule has 2 rings (SSSR count). The first kappa shape index (κ1) is 15.3. The largest absolute Gasteiger partial charge is 0.474 e. The normalized spacial score (nSPS) is 10.9. The number of aromatic nitrogens is 3. The summed E-state index contributed by atoms with van der Waals surface area (Å²) in [6, 6.07) is 0. The zero-order chi connectivity index (χ0) is 15.2. The van der Waals surface area contributed by atoms with Gasteiger partial charge in [-0.2, -0.15) is 4.98 Å². The van der Waals surface area contributed by atoms with Gasteiger partial charge < -0.3 is 14.6 Å². The van der Waals surface area contributed by atoms with Crippen molar-refractivity contribution < 1.29 is 9.26 Å². The fourth-order valence-corrected chi connectivity index (χ4v) is 2.05. The number of ether oxygens (including phenoxy) is 1. The lowest BCUT2D eigenvalue weighted by Gasteiger charge is -2.10. The molecule has 0 aromatic carbocycles. The third kappa shape index (κ3) is 3.93. The first-order chi connectivity index (χ1) is 10.1. The number of rotatable bonds is 7. The Kier molecular flexibility index (Phi) is 5.14. The Balaban J connectivity index is 2.07. The van der Waals surface area contributed by atoms with Gasteiger partial charge in [-0.05, 0) is 20.3 Å². The lowest BCUT2D eigenvalue weighted by Crippen LogP contribution is -2.09. The van der Waals surface area contributed by atoms with Crippen molar-refractivity contribution in [3.63, 3.8) is 0 Å². The van der Waals surface area contributed by atoms with Gasteiger partial charge >= 0.3 is 0 Å². The third-order valence-electron chi connectivity index (χ3n) is 3.02. The molecule has 0 atom stereocenters. The van der Waals surface area contributed by atoms with Gasteiger partial charge in [-0.3, -0.25) is 4.98 Å². The second kappa shape index (κ2) is 7.06. The monoisotopic (exact) mass is 290 g/mol. The fraction of sp³-hybridized carbons (Fsp3) is 0.533. The second-order valence-electron chi connectivity index (χ2n) is 5.00. The minimum atomic E-state index is 0.0750. The Labute approximate surface area is 124 Å². The number of aryl methyl sites for hydroxylation is 2. The molecular formula is C15H22N4O2. The lowest BCUT2D eigenvalue weighted by atomic mass is 10.1. The van der Waals surface area contributed by atoms with Crippen LogP contribution < -0.4 is 10.1 Å². The molecule has 0 fully saturated rings. The van der Waals surface area contributed by atoms with E-state index in [4.69, 9.17) is 9.26 Å². The zero-order valence-corrected chi connectivity index (χ0v) is 13.0. The van der Waals surface area contributed by atoms with Crippen molar-refractivity contribution in [2.75, 3.05) is 5.32 Å². The highest BCUT2D eigenvalue weighted by molar-refractivity contribution is 5.36. The molecule has 114 valence electrons. The van der Waals surface area contributed by atoms with Crippen molar-refractivity contribution in [2.24, 2.45) is 0 Å². The van der Waals surface area contributed by atoms with Gasteiger partial charge in [-0.1, -0.05) is 19.0 Å². The van der Waals surface area contributed by atoms with Gasteiger partial charge in [0, 0.05) is 18.5 Å². The van der Waals surface area contributed by atoms with E-state index in [0.717, 1.165) is 29.9 Å². The van der Waals surface area contributed by atoms with E-state index >= 15 is 0 Å². The summed E-state index contributed by atoms with van der Waals surface area (Å²) in [5, 5.41) is 7.36. The summed E-state index contributed by atoms with van der Waals surface area (Å²) in [5.41, 5.74) is 2.10. The minimum Gasteiger partial charge on any atom is -0.474 e. The number of hydrogen-bond acceptors (Lipinski definition) is 6. The van der Waals surface area contributed by atoms with E-state index in [1.54, 1.807) is 12.4 Å². The molecule has 0 bridgehead atoms. The number of nitrogens with zero attached hydrogens (tertiary/aromatic N) is 3. The van der Waals surface area contributed by atoms with Crippen LogP contribution in [-0.4, -0.2) is 21.2 Å². The molecule has 0 saturated heterocycles. The minimum absolute atomic E-state index is 0.0750. The molecule has 2 aromatic rings. The van der Waals surface area contributed by atoms with Crippen molar-refractivity contribution in [3.8, 4) is 5.88 Å². The standard InChI is InChI=1S/C15H22N4O2/c1-5-12-11(13(6-2)21-19-12)7-17-14-8-16-9-15(18-14)20-10(3)4/h8-10H,5-7H2,1-4H3,(H,17,18). The molecule has 1 N–H and O–H groups in total. The molecule has 0 aliphatic heterocycles.